The zero-order valence-corrected chi connectivity index (χ0v) is 9.07. The summed E-state index contributed by atoms with van der Waals surface area (Å²) in [5.41, 5.74) is 0.802. The molecule has 0 aliphatic rings. The summed E-state index contributed by atoms with van der Waals surface area (Å²) in [4.78, 5) is 0. The molecule has 15 heavy (non-hydrogen) atoms. The van der Waals surface area contributed by atoms with E-state index >= 15 is 0 Å². The third-order valence-corrected chi connectivity index (χ3v) is 2.57. The van der Waals surface area contributed by atoms with E-state index in [1.165, 1.54) is 0 Å². The summed E-state index contributed by atoms with van der Waals surface area (Å²) in [5, 5.41) is 26.7. The van der Waals surface area contributed by atoms with E-state index in [0.29, 0.717) is 11.3 Å². The summed E-state index contributed by atoms with van der Waals surface area (Å²) >= 11 is 0. The molecule has 0 saturated heterocycles. The van der Waals surface area contributed by atoms with Gasteiger partial charge in [0, 0.05) is 17.2 Å². The topological polar surface area (TPSA) is 64.3 Å². The fourth-order valence-corrected chi connectivity index (χ4v) is 1.54. The molecule has 1 unspecified atom stereocenters. The molecule has 82 valence electrons. The van der Waals surface area contributed by atoms with Crippen molar-refractivity contribution >= 4 is 5.71 Å². The second-order valence-corrected chi connectivity index (χ2v) is 3.96. The lowest BCUT2D eigenvalue weighted by molar-refractivity contribution is 0.232. The predicted molar refractivity (Wildman–Crippen MR) is 60.3 cm³/mol. The van der Waals surface area contributed by atoms with Crippen molar-refractivity contribution in [3.63, 3.8) is 0 Å². The van der Waals surface area contributed by atoms with Crippen molar-refractivity contribution < 1.29 is 10.2 Å². The fraction of sp³-hybridized carbons (Fsp3) is 0.417. The van der Waals surface area contributed by atoms with Crippen molar-refractivity contribution in [2.45, 2.75) is 13.8 Å². The van der Waals surface area contributed by atoms with Crippen LogP contribution in [0.1, 0.15) is 19.4 Å². The lowest BCUT2D eigenvalue weighted by Crippen LogP contribution is -2.24. The van der Waals surface area contributed by atoms with Gasteiger partial charge in [0.05, 0.1) is 6.61 Å². The van der Waals surface area contributed by atoms with Crippen molar-refractivity contribution in [1.29, 1.82) is 5.41 Å². The van der Waals surface area contributed by atoms with Crippen LogP contribution < -0.4 is 0 Å². The van der Waals surface area contributed by atoms with Gasteiger partial charge < -0.3 is 15.6 Å². The van der Waals surface area contributed by atoms with E-state index < -0.39 is 0 Å². The molecule has 0 aliphatic carbocycles. The number of benzene rings is 1. The third kappa shape index (κ3) is 2.57. The first-order valence-corrected chi connectivity index (χ1v) is 5.05. The summed E-state index contributed by atoms with van der Waals surface area (Å²) in [6, 6.07) is 6.75. The van der Waals surface area contributed by atoms with E-state index in [1.54, 1.807) is 24.3 Å². The van der Waals surface area contributed by atoms with Crippen molar-refractivity contribution in [2.24, 2.45) is 11.8 Å². The number of hydrogen-bond donors (Lipinski definition) is 3. The highest BCUT2D eigenvalue weighted by atomic mass is 16.3. The van der Waals surface area contributed by atoms with Crippen LogP contribution in [0.5, 0.6) is 5.75 Å². The van der Waals surface area contributed by atoms with Crippen LogP contribution in [0.25, 0.3) is 0 Å². The molecule has 0 fully saturated rings. The lowest BCUT2D eigenvalue weighted by Gasteiger charge is -2.19. The Hall–Kier alpha value is -1.35. The second-order valence-electron chi connectivity index (χ2n) is 3.96. The van der Waals surface area contributed by atoms with E-state index in [1.807, 2.05) is 13.8 Å². The number of aromatic hydroxyl groups is 1. The van der Waals surface area contributed by atoms with Gasteiger partial charge in [-0.15, -0.1) is 0 Å². The lowest BCUT2D eigenvalue weighted by atomic mass is 9.88. The number of para-hydroxylation sites is 1. The van der Waals surface area contributed by atoms with E-state index in [9.17, 15) is 10.2 Å². The molecule has 0 bridgehead atoms. The SMILES string of the molecule is CC(C)C(CO)C(=N)c1ccccc1O. The molecule has 0 spiro atoms. The van der Waals surface area contributed by atoms with Gasteiger partial charge in [-0.25, -0.2) is 0 Å². The number of hydrogen-bond acceptors (Lipinski definition) is 3. The molecule has 1 aromatic carbocycles. The molecule has 0 aliphatic heterocycles. The Labute approximate surface area is 89.9 Å². The van der Waals surface area contributed by atoms with Gasteiger partial charge in [-0.3, -0.25) is 0 Å². The number of rotatable bonds is 4. The molecule has 3 nitrogen and oxygen atoms in total. The Morgan fingerprint density at radius 2 is 1.93 bits per heavy atom. The Balaban J connectivity index is 2.98. The number of aliphatic hydroxyl groups is 1. The standard InChI is InChI=1S/C12H17NO2/c1-8(2)10(7-14)12(13)9-5-3-4-6-11(9)15/h3-6,8,10,13-15H,7H2,1-2H3. The summed E-state index contributed by atoms with van der Waals surface area (Å²) in [6.07, 6.45) is 0. The first-order chi connectivity index (χ1) is 7.07. The normalized spacial score (nSPS) is 12.8. The smallest absolute Gasteiger partial charge is 0.124 e. The highest BCUT2D eigenvalue weighted by molar-refractivity contribution is 6.02. The highest BCUT2D eigenvalue weighted by Crippen LogP contribution is 2.23. The Kier molecular flexibility index (Phi) is 3.86. The maximum absolute atomic E-state index is 9.58. The molecule has 0 heterocycles. The summed E-state index contributed by atoms with van der Waals surface area (Å²) in [6.45, 7) is 3.84. The van der Waals surface area contributed by atoms with Gasteiger partial charge in [0.25, 0.3) is 0 Å². The first-order valence-electron chi connectivity index (χ1n) is 5.05. The quantitative estimate of drug-likeness (QED) is 0.661. The number of phenolic OH excluding ortho intramolecular Hbond substituents is 1. The molecule has 1 rings (SSSR count). The Bertz CT molecular complexity index is 347. The monoisotopic (exact) mass is 207 g/mol. The van der Waals surface area contributed by atoms with Crippen LogP contribution in [0.3, 0.4) is 0 Å². The summed E-state index contributed by atoms with van der Waals surface area (Å²) < 4.78 is 0. The van der Waals surface area contributed by atoms with E-state index in [-0.39, 0.29) is 24.2 Å². The molecule has 0 amide bonds. The fourth-order valence-electron chi connectivity index (χ4n) is 1.54. The number of phenols is 1. The van der Waals surface area contributed by atoms with Crippen LogP contribution in [-0.2, 0) is 0 Å². The average molecular weight is 207 g/mol. The van der Waals surface area contributed by atoms with Gasteiger partial charge in [0.1, 0.15) is 5.75 Å². The van der Waals surface area contributed by atoms with Crippen molar-refractivity contribution in [3.8, 4) is 5.75 Å². The Morgan fingerprint density at radius 1 is 1.33 bits per heavy atom. The molecule has 3 N–H and O–H groups in total. The third-order valence-electron chi connectivity index (χ3n) is 2.57. The predicted octanol–water partition coefficient (Wildman–Crippen LogP) is 2.02. The molecule has 1 aromatic rings. The van der Waals surface area contributed by atoms with E-state index in [2.05, 4.69) is 0 Å². The van der Waals surface area contributed by atoms with Crippen LogP contribution >= 0.6 is 0 Å². The van der Waals surface area contributed by atoms with Gasteiger partial charge >= 0.3 is 0 Å². The van der Waals surface area contributed by atoms with Crippen LogP contribution in [0, 0.1) is 17.2 Å². The van der Waals surface area contributed by atoms with E-state index in [4.69, 9.17) is 5.41 Å². The maximum atomic E-state index is 9.58. The van der Waals surface area contributed by atoms with Crippen molar-refractivity contribution in [2.75, 3.05) is 6.61 Å². The minimum atomic E-state index is -0.224. The van der Waals surface area contributed by atoms with Crippen LogP contribution in [0.4, 0.5) is 0 Å². The molecule has 1 atom stereocenters. The van der Waals surface area contributed by atoms with E-state index in [0.717, 1.165) is 0 Å². The zero-order valence-electron chi connectivity index (χ0n) is 9.07. The van der Waals surface area contributed by atoms with Crippen LogP contribution in [-0.4, -0.2) is 22.5 Å². The second kappa shape index (κ2) is 4.94. The zero-order chi connectivity index (χ0) is 11.4. The number of nitrogens with one attached hydrogen (secondary N) is 1. The van der Waals surface area contributed by atoms with Gasteiger partial charge in [-0.2, -0.15) is 0 Å². The summed E-state index contributed by atoms with van der Waals surface area (Å²) in [7, 11) is 0. The summed E-state index contributed by atoms with van der Waals surface area (Å²) in [5.74, 6) is 0.0574. The first kappa shape index (κ1) is 11.7. The molecule has 0 saturated carbocycles. The van der Waals surface area contributed by atoms with Crippen molar-refractivity contribution in [1.82, 2.24) is 0 Å². The van der Waals surface area contributed by atoms with Crippen LogP contribution in [0.15, 0.2) is 24.3 Å². The van der Waals surface area contributed by atoms with Gasteiger partial charge in [0.2, 0.25) is 0 Å². The van der Waals surface area contributed by atoms with Gasteiger partial charge in [-0.05, 0) is 18.1 Å². The van der Waals surface area contributed by atoms with Gasteiger partial charge in [-0.1, -0.05) is 26.0 Å². The molecular weight excluding hydrogens is 190 g/mol. The molecular formula is C12H17NO2. The van der Waals surface area contributed by atoms with Crippen molar-refractivity contribution in [3.05, 3.63) is 29.8 Å². The number of aliphatic hydroxyl groups excluding tert-OH is 1. The average Bonchev–Trinajstić information content (AvgIpc) is 2.18. The minimum absolute atomic E-state index is 0.0646. The molecule has 3 heteroatoms. The largest absolute Gasteiger partial charge is 0.507 e. The highest BCUT2D eigenvalue weighted by Gasteiger charge is 2.20. The maximum Gasteiger partial charge on any atom is 0.124 e. The minimum Gasteiger partial charge on any atom is -0.507 e. The molecule has 0 radical (unpaired) electrons. The Morgan fingerprint density at radius 3 is 2.40 bits per heavy atom. The van der Waals surface area contributed by atoms with Gasteiger partial charge in [0.15, 0.2) is 0 Å². The molecule has 0 aromatic heterocycles. The van der Waals surface area contributed by atoms with Crippen LogP contribution in [0.2, 0.25) is 0 Å².